The van der Waals surface area contributed by atoms with Crippen LogP contribution >= 0.6 is 11.3 Å². The van der Waals surface area contributed by atoms with E-state index in [9.17, 15) is 19.5 Å². The highest BCUT2D eigenvalue weighted by atomic mass is 32.1. The summed E-state index contributed by atoms with van der Waals surface area (Å²) in [5, 5.41) is 13.4. The monoisotopic (exact) mass is 371 g/mol. The summed E-state index contributed by atoms with van der Waals surface area (Å²) in [6.45, 7) is 5.22. The zero-order valence-corrected chi connectivity index (χ0v) is 15.3. The molecule has 0 saturated heterocycles. The SMILES string of the molecule is Cc1ccc(NC(=O)Cn2c(C)nc3scc(C(=O)O)c3c2=O)c(C)c1. The van der Waals surface area contributed by atoms with Crippen molar-refractivity contribution in [1.82, 2.24) is 9.55 Å². The van der Waals surface area contributed by atoms with E-state index < -0.39 is 11.5 Å². The molecule has 3 rings (SSSR count). The van der Waals surface area contributed by atoms with Crippen molar-refractivity contribution in [1.29, 1.82) is 0 Å². The van der Waals surface area contributed by atoms with Gasteiger partial charge in [0.15, 0.2) is 0 Å². The molecule has 2 heterocycles. The maximum atomic E-state index is 12.7. The van der Waals surface area contributed by atoms with Gasteiger partial charge >= 0.3 is 5.97 Å². The zero-order chi connectivity index (χ0) is 19.0. The Hall–Kier alpha value is -3.00. The van der Waals surface area contributed by atoms with Crippen molar-refractivity contribution < 1.29 is 14.7 Å². The van der Waals surface area contributed by atoms with Crippen molar-refractivity contribution in [3.63, 3.8) is 0 Å². The van der Waals surface area contributed by atoms with E-state index in [0.29, 0.717) is 16.3 Å². The second kappa shape index (κ2) is 6.72. The highest BCUT2D eigenvalue weighted by molar-refractivity contribution is 7.17. The molecule has 26 heavy (non-hydrogen) atoms. The van der Waals surface area contributed by atoms with Crippen LogP contribution in [-0.4, -0.2) is 26.5 Å². The number of nitrogens with zero attached hydrogens (tertiary/aromatic N) is 2. The fourth-order valence-corrected chi connectivity index (χ4v) is 3.70. The van der Waals surface area contributed by atoms with Crippen molar-refractivity contribution in [2.75, 3.05) is 5.32 Å². The molecule has 0 aliphatic carbocycles. The Morgan fingerprint density at radius 1 is 1.27 bits per heavy atom. The fourth-order valence-electron chi connectivity index (χ4n) is 2.76. The summed E-state index contributed by atoms with van der Waals surface area (Å²) in [7, 11) is 0. The minimum atomic E-state index is -1.19. The maximum Gasteiger partial charge on any atom is 0.337 e. The number of carboxylic acids is 1. The molecule has 3 aromatic rings. The molecule has 8 heteroatoms. The number of aromatic carboxylic acids is 1. The number of carboxylic acid groups (broad SMARTS) is 1. The predicted octanol–water partition coefficient (Wildman–Crippen LogP) is 2.72. The van der Waals surface area contributed by atoms with Crippen LogP contribution in [0.1, 0.15) is 27.3 Å². The van der Waals surface area contributed by atoms with Crippen LogP contribution in [0.15, 0.2) is 28.4 Å². The normalized spacial score (nSPS) is 10.9. The Balaban J connectivity index is 1.95. The van der Waals surface area contributed by atoms with Crippen molar-refractivity contribution in [3.8, 4) is 0 Å². The van der Waals surface area contributed by atoms with E-state index in [-0.39, 0.29) is 23.4 Å². The molecule has 0 unspecified atom stereocenters. The van der Waals surface area contributed by atoms with E-state index in [1.54, 1.807) is 13.0 Å². The third kappa shape index (κ3) is 3.23. The molecule has 1 aromatic carbocycles. The molecule has 0 aliphatic rings. The lowest BCUT2D eigenvalue weighted by atomic mass is 10.1. The van der Waals surface area contributed by atoms with Gasteiger partial charge in [-0.2, -0.15) is 0 Å². The van der Waals surface area contributed by atoms with E-state index >= 15 is 0 Å². The van der Waals surface area contributed by atoms with Gasteiger partial charge in [0.25, 0.3) is 5.56 Å². The average molecular weight is 371 g/mol. The Morgan fingerprint density at radius 3 is 2.65 bits per heavy atom. The Bertz CT molecular complexity index is 1100. The van der Waals surface area contributed by atoms with E-state index in [4.69, 9.17) is 0 Å². The molecule has 0 spiro atoms. The van der Waals surface area contributed by atoms with E-state index in [2.05, 4.69) is 10.3 Å². The molecule has 0 saturated carbocycles. The maximum absolute atomic E-state index is 12.7. The van der Waals surface area contributed by atoms with Gasteiger partial charge in [-0.15, -0.1) is 11.3 Å². The summed E-state index contributed by atoms with van der Waals surface area (Å²) in [6, 6.07) is 5.64. The van der Waals surface area contributed by atoms with Gasteiger partial charge in [-0.1, -0.05) is 17.7 Å². The molecule has 7 nitrogen and oxygen atoms in total. The predicted molar refractivity (Wildman–Crippen MR) is 100 cm³/mol. The van der Waals surface area contributed by atoms with Crippen LogP contribution in [0.3, 0.4) is 0 Å². The number of anilines is 1. The van der Waals surface area contributed by atoms with Crippen LogP contribution in [0.2, 0.25) is 0 Å². The summed E-state index contributed by atoms with van der Waals surface area (Å²) >= 11 is 1.10. The van der Waals surface area contributed by atoms with Gasteiger partial charge in [-0.05, 0) is 32.4 Å². The number of nitrogens with one attached hydrogen (secondary N) is 1. The first-order valence-electron chi connectivity index (χ1n) is 7.87. The number of amides is 1. The molecule has 0 radical (unpaired) electrons. The first kappa shape index (κ1) is 17.8. The largest absolute Gasteiger partial charge is 0.478 e. The van der Waals surface area contributed by atoms with Gasteiger partial charge in [0.2, 0.25) is 5.91 Å². The lowest BCUT2D eigenvalue weighted by Gasteiger charge is -2.12. The van der Waals surface area contributed by atoms with Crippen molar-refractivity contribution >= 4 is 39.1 Å². The standard InChI is InChI=1S/C18H17N3O4S/c1-9-4-5-13(10(2)6-9)20-14(22)7-21-11(3)19-16-15(17(21)23)12(8-26-16)18(24)25/h4-6,8H,7H2,1-3H3,(H,20,22)(H,24,25). The minimum Gasteiger partial charge on any atom is -0.478 e. The minimum absolute atomic E-state index is 0.0346. The molecular formula is C18H17N3O4S. The molecule has 134 valence electrons. The molecule has 0 fully saturated rings. The highest BCUT2D eigenvalue weighted by Gasteiger charge is 2.19. The topological polar surface area (TPSA) is 101 Å². The molecule has 1 amide bonds. The third-order valence-electron chi connectivity index (χ3n) is 4.07. The second-order valence-electron chi connectivity index (χ2n) is 6.05. The number of rotatable bonds is 4. The first-order valence-corrected chi connectivity index (χ1v) is 8.75. The Morgan fingerprint density at radius 2 is 2.00 bits per heavy atom. The smallest absolute Gasteiger partial charge is 0.337 e. The summed E-state index contributed by atoms with van der Waals surface area (Å²) in [6.07, 6.45) is 0. The summed E-state index contributed by atoms with van der Waals surface area (Å²) in [5.74, 6) is -1.21. The van der Waals surface area contributed by atoms with Crippen LogP contribution in [0.4, 0.5) is 5.69 Å². The van der Waals surface area contributed by atoms with Gasteiger partial charge in [0.1, 0.15) is 17.2 Å². The fraction of sp³-hybridized carbons (Fsp3) is 0.222. The summed E-state index contributed by atoms with van der Waals surface area (Å²) in [5.41, 5.74) is 2.05. The zero-order valence-electron chi connectivity index (χ0n) is 14.5. The van der Waals surface area contributed by atoms with E-state index in [1.807, 2.05) is 26.0 Å². The van der Waals surface area contributed by atoms with Gasteiger partial charge in [-0.3, -0.25) is 14.2 Å². The van der Waals surface area contributed by atoms with Crippen LogP contribution in [0, 0.1) is 20.8 Å². The van der Waals surface area contributed by atoms with Crippen LogP contribution < -0.4 is 10.9 Å². The van der Waals surface area contributed by atoms with Gasteiger partial charge < -0.3 is 10.4 Å². The molecule has 0 bridgehead atoms. The number of hydrogen-bond donors (Lipinski definition) is 2. The number of hydrogen-bond acceptors (Lipinski definition) is 5. The molecular weight excluding hydrogens is 354 g/mol. The second-order valence-corrected chi connectivity index (χ2v) is 6.91. The van der Waals surface area contributed by atoms with E-state index in [0.717, 1.165) is 22.5 Å². The highest BCUT2D eigenvalue weighted by Crippen LogP contribution is 2.21. The van der Waals surface area contributed by atoms with Crippen LogP contribution in [0.25, 0.3) is 10.2 Å². The number of carbonyl (C=O) groups excluding carboxylic acids is 1. The molecule has 0 aliphatic heterocycles. The number of aromatic nitrogens is 2. The molecule has 2 N–H and O–H groups in total. The summed E-state index contributed by atoms with van der Waals surface area (Å²) < 4.78 is 1.19. The third-order valence-corrected chi connectivity index (χ3v) is 4.94. The van der Waals surface area contributed by atoms with Crippen molar-refractivity contribution in [3.05, 3.63) is 56.4 Å². The molecule has 2 aromatic heterocycles. The number of fused-ring (bicyclic) bond motifs is 1. The average Bonchev–Trinajstić information content (AvgIpc) is 2.98. The quantitative estimate of drug-likeness (QED) is 0.734. The lowest BCUT2D eigenvalue weighted by molar-refractivity contribution is -0.116. The van der Waals surface area contributed by atoms with Gasteiger partial charge in [0, 0.05) is 11.1 Å². The Kier molecular flexibility index (Phi) is 4.60. The van der Waals surface area contributed by atoms with Crippen molar-refractivity contribution in [2.45, 2.75) is 27.3 Å². The number of benzene rings is 1. The van der Waals surface area contributed by atoms with E-state index in [1.165, 1.54) is 9.95 Å². The first-order chi connectivity index (χ1) is 12.3. The lowest BCUT2D eigenvalue weighted by Crippen LogP contribution is -2.30. The number of thiophene rings is 1. The molecule has 0 atom stereocenters. The summed E-state index contributed by atoms with van der Waals surface area (Å²) in [4.78, 5) is 41.1. The Labute approximate surface area is 152 Å². The van der Waals surface area contributed by atoms with Gasteiger partial charge in [-0.25, -0.2) is 9.78 Å². The van der Waals surface area contributed by atoms with Crippen molar-refractivity contribution in [2.24, 2.45) is 0 Å². The van der Waals surface area contributed by atoms with Gasteiger partial charge in [0.05, 0.1) is 10.9 Å². The number of carbonyl (C=O) groups is 2. The van der Waals surface area contributed by atoms with Crippen LogP contribution in [0.5, 0.6) is 0 Å². The number of aryl methyl sites for hydroxylation is 3. The van der Waals surface area contributed by atoms with Crippen LogP contribution in [-0.2, 0) is 11.3 Å².